The van der Waals surface area contributed by atoms with E-state index in [9.17, 15) is 19.2 Å². The summed E-state index contributed by atoms with van der Waals surface area (Å²) in [6.45, 7) is 3.39. The van der Waals surface area contributed by atoms with Crippen LogP contribution in [0.4, 0.5) is 4.79 Å². The molecule has 0 fully saturated rings. The van der Waals surface area contributed by atoms with Crippen molar-refractivity contribution in [3.8, 4) is 0 Å². The van der Waals surface area contributed by atoms with Gasteiger partial charge in [-0.1, -0.05) is 19.1 Å². The maximum atomic E-state index is 12.2. The van der Waals surface area contributed by atoms with Crippen LogP contribution in [0.1, 0.15) is 41.0 Å². The Balaban J connectivity index is 2.18. The zero-order valence-electron chi connectivity index (χ0n) is 14.5. The Hall–Kier alpha value is -3.16. The molecule has 0 radical (unpaired) electrons. The second kappa shape index (κ2) is 8.80. The van der Waals surface area contributed by atoms with Gasteiger partial charge in [-0.05, 0) is 25.5 Å². The molecule has 8 heteroatoms. The number of nitrogens with one attached hydrogen (secondary N) is 2. The summed E-state index contributed by atoms with van der Waals surface area (Å²) in [6.07, 6.45) is 1.15. The predicted octanol–water partition coefficient (Wildman–Crippen LogP) is 1.56. The van der Waals surface area contributed by atoms with Gasteiger partial charge in [0.1, 0.15) is 12.9 Å². The van der Waals surface area contributed by atoms with Gasteiger partial charge in [0.25, 0.3) is 0 Å². The fraction of sp³-hybridized carbons (Fsp3) is 0.333. The van der Waals surface area contributed by atoms with E-state index in [4.69, 9.17) is 9.47 Å². The zero-order valence-corrected chi connectivity index (χ0v) is 14.5. The first kappa shape index (κ1) is 19.2. The average Bonchev–Trinajstić information content (AvgIpc) is 2.65. The van der Waals surface area contributed by atoms with Crippen LogP contribution < -0.4 is 10.6 Å². The van der Waals surface area contributed by atoms with E-state index < -0.39 is 24.0 Å². The van der Waals surface area contributed by atoms with E-state index in [0.717, 1.165) is 0 Å². The van der Waals surface area contributed by atoms with E-state index in [2.05, 4.69) is 10.6 Å². The summed E-state index contributed by atoms with van der Waals surface area (Å²) in [5.41, 5.74) is 1.11. The maximum absolute atomic E-state index is 12.2. The Morgan fingerprint density at radius 2 is 1.81 bits per heavy atom. The van der Waals surface area contributed by atoms with Crippen molar-refractivity contribution in [2.75, 3.05) is 13.2 Å². The lowest BCUT2D eigenvalue weighted by atomic mass is 10.0. The molecular formula is C18H20N2O6. The number of esters is 2. The van der Waals surface area contributed by atoms with E-state index in [0.29, 0.717) is 18.3 Å². The van der Waals surface area contributed by atoms with Gasteiger partial charge in [0.2, 0.25) is 0 Å². The second-order valence-corrected chi connectivity index (χ2v) is 5.49. The maximum Gasteiger partial charge on any atom is 0.338 e. The van der Waals surface area contributed by atoms with Crippen molar-refractivity contribution < 1.29 is 28.7 Å². The fourth-order valence-electron chi connectivity index (χ4n) is 2.49. The molecule has 1 aromatic rings. The van der Waals surface area contributed by atoms with Crippen LogP contribution in [0.5, 0.6) is 0 Å². The van der Waals surface area contributed by atoms with E-state index in [-0.39, 0.29) is 30.0 Å². The highest BCUT2D eigenvalue weighted by Crippen LogP contribution is 2.18. The van der Waals surface area contributed by atoms with Crippen LogP contribution in [-0.4, -0.2) is 43.5 Å². The molecule has 0 saturated heterocycles. The SMILES string of the molecule is CCOC(=O)C1=C(COC(=O)c2ccc(C=O)cc2)NC(=O)N[C@@H]1CC. The standard InChI is InChI=1S/C18H20N2O6/c1-3-13-15(17(23)25-4-2)14(20-18(24)19-13)10-26-16(22)12-7-5-11(9-21)6-8-12/h5-9,13H,3-4,10H2,1-2H3,(H2,19,20,24)/t13-/m1/s1. The lowest BCUT2D eigenvalue weighted by Gasteiger charge is -2.28. The van der Waals surface area contributed by atoms with Crippen molar-refractivity contribution in [3.05, 3.63) is 46.7 Å². The summed E-state index contributed by atoms with van der Waals surface area (Å²) < 4.78 is 10.2. The average molecular weight is 360 g/mol. The minimum atomic E-state index is -0.640. The Morgan fingerprint density at radius 3 is 2.38 bits per heavy atom. The first-order valence-corrected chi connectivity index (χ1v) is 8.20. The van der Waals surface area contributed by atoms with Gasteiger partial charge >= 0.3 is 18.0 Å². The lowest BCUT2D eigenvalue weighted by Crippen LogP contribution is -2.51. The normalized spacial score (nSPS) is 16.4. The molecule has 0 unspecified atom stereocenters. The van der Waals surface area contributed by atoms with Crippen molar-refractivity contribution >= 4 is 24.3 Å². The summed E-state index contributed by atoms with van der Waals surface area (Å²) in [5.74, 6) is -1.22. The van der Waals surface area contributed by atoms with Crippen molar-refractivity contribution in [2.24, 2.45) is 0 Å². The minimum absolute atomic E-state index is 0.183. The lowest BCUT2D eigenvalue weighted by molar-refractivity contribution is -0.139. The molecule has 1 aliphatic rings. The first-order chi connectivity index (χ1) is 12.5. The smallest absolute Gasteiger partial charge is 0.338 e. The highest BCUT2D eigenvalue weighted by molar-refractivity contribution is 5.95. The molecule has 2 amide bonds. The Bertz CT molecular complexity index is 739. The van der Waals surface area contributed by atoms with Crippen LogP contribution in [0.25, 0.3) is 0 Å². The third-order valence-corrected chi connectivity index (χ3v) is 3.78. The first-order valence-electron chi connectivity index (χ1n) is 8.20. The summed E-state index contributed by atoms with van der Waals surface area (Å²) in [5, 5.41) is 5.14. The number of carbonyl (C=O) groups excluding carboxylic acids is 4. The second-order valence-electron chi connectivity index (χ2n) is 5.49. The molecule has 2 rings (SSSR count). The number of hydrogen-bond donors (Lipinski definition) is 2. The molecule has 0 bridgehead atoms. The van der Waals surface area contributed by atoms with Crippen molar-refractivity contribution in [3.63, 3.8) is 0 Å². The summed E-state index contributed by atoms with van der Waals surface area (Å²) in [4.78, 5) is 46.8. The van der Waals surface area contributed by atoms with Crippen LogP contribution in [0.3, 0.4) is 0 Å². The predicted molar refractivity (Wildman–Crippen MR) is 91.5 cm³/mol. The molecule has 1 atom stereocenters. The minimum Gasteiger partial charge on any atom is -0.463 e. The number of urea groups is 1. The monoisotopic (exact) mass is 360 g/mol. The zero-order chi connectivity index (χ0) is 19.1. The van der Waals surface area contributed by atoms with E-state index in [1.807, 2.05) is 6.92 Å². The Kier molecular flexibility index (Phi) is 6.48. The Morgan fingerprint density at radius 1 is 1.12 bits per heavy atom. The van der Waals surface area contributed by atoms with Crippen LogP contribution in [0, 0.1) is 0 Å². The van der Waals surface area contributed by atoms with Gasteiger partial charge in [0.15, 0.2) is 0 Å². The van der Waals surface area contributed by atoms with E-state index >= 15 is 0 Å². The van der Waals surface area contributed by atoms with Crippen LogP contribution in [0.2, 0.25) is 0 Å². The van der Waals surface area contributed by atoms with Crippen molar-refractivity contribution in [1.82, 2.24) is 10.6 Å². The molecule has 8 nitrogen and oxygen atoms in total. The largest absolute Gasteiger partial charge is 0.463 e. The van der Waals surface area contributed by atoms with Crippen LogP contribution >= 0.6 is 0 Å². The summed E-state index contributed by atoms with van der Waals surface area (Å²) in [6, 6.07) is 4.90. The van der Waals surface area contributed by atoms with Crippen LogP contribution in [-0.2, 0) is 14.3 Å². The fourth-order valence-corrected chi connectivity index (χ4v) is 2.49. The van der Waals surface area contributed by atoms with Gasteiger partial charge in [-0.2, -0.15) is 0 Å². The molecule has 1 heterocycles. The van der Waals surface area contributed by atoms with Crippen molar-refractivity contribution in [1.29, 1.82) is 0 Å². The summed E-state index contributed by atoms with van der Waals surface area (Å²) >= 11 is 0. The molecular weight excluding hydrogens is 340 g/mol. The van der Waals surface area contributed by atoms with Gasteiger partial charge in [0.05, 0.1) is 29.5 Å². The molecule has 138 valence electrons. The summed E-state index contributed by atoms with van der Waals surface area (Å²) in [7, 11) is 0. The van der Waals surface area contributed by atoms with Gasteiger partial charge in [-0.3, -0.25) is 4.79 Å². The number of carbonyl (C=O) groups is 4. The van der Waals surface area contributed by atoms with E-state index in [1.165, 1.54) is 24.3 Å². The number of aldehydes is 1. The molecule has 0 aromatic heterocycles. The number of hydrogen-bond acceptors (Lipinski definition) is 6. The number of ether oxygens (including phenoxy) is 2. The van der Waals surface area contributed by atoms with E-state index in [1.54, 1.807) is 6.92 Å². The number of amides is 2. The Labute approximate surface area is 150 Å². The quantitative estimate of drug-likeness (QED) is 0.564. The number of rotatable bonds is 7. The molecule has 0 spiro atoms. The highest BCUT2D eigenvalue weighted by Gasteiger charge is 2.32. The van der Waals surface area contributed by atoms with Crippen molar-refractivity contribution in [2.45, 2.75) is 26.3 Å². The molecule has 1 aliphatic heterocycles. The third kappa shape index (κ3) is 4.47. The molecule has 2 N–H and O–H groups in total. The molecule has 1 aromatic carbocycles. The van der Waals surface area contributed by atoms with Gasteiger partial charge < -0.3 is 20.1 Å². The molecule has 0 saturated carbocycles. The van der Waals surface area contributed by atoms with Crippen LogP contribution in [0.15, 0.2) is 35.5 Å². The van der Waals surface area contributed by atoms with Gasteiger partial charge in [0, 0.05) is 5.56 Å². The highest BCUT2D eigenvalue weighted by atomic mass is 16.5. The molecule has 26 heavy (non-hydrogen) atoms. The topological polar surface area (TPSA) is 111 Å². The number of benzene rings is 1. The third-order valence-electron chi connectivity index (χ3n) is 3.78. The van der Waals surface area contributed by atoms with Gasteiger partial charge in [-0.25, -0.2) is 14.4 Å². The molecule has 0 aliphatic carbocycles. The van der Waals surface area contributed by atoms with Gasteiger partial charge in [-0.15, -0.1) is 0 Å².